The summed E-state index contributed by atoms with van der Waals surface area (Å²) in [5.74, 6) is 0.440. The minimum absolute atomic E-state index is 0.297. The van der Waals surface area contributed by atoms with E-state index in [0.29, 0.717) is 12.1 Å². The maximum Gasteiger partial charge on any atom is 0.103 e. The Morgan fingerprint density at radius 3 is 2.48 bits per heavy atom. The number of para-hydroxylation sites is 1. The minimum atomic E-state index is 0.297. The Hall–Kier alpha value is -2.03. The van der Waals surface area contributed by atoms with Crippen molar-refractivity contribution in [3.8, 4) is 0 Å². The van der Waals surface area contributed by atoms with E-state index in [9.17, 15) is 0 Å². The van der Waals surface area contributed by atoms with Crippen molar-refractivity contribution in [2.45, 2.75) is 39.8 Å². The third-order valence-electron chi connectivity index (χ3n) is 4.42. The van der Waals surface area contributed by atoms with Crippen molar-refractivity contribution in [1.29, 1.82) is 0 Å². The highest BCUT2D eigenvalue weighted by atomic mass is 15.4. The fraction of sp³-hybridized carbons (Fsp3) is 0.389. The molecule has 21 heavy (non-hydrogen) atoms. The first-order valence-corrected chi connectivity index (χ1v) is 7.58. The summed E-state index contributed by atoms with van der Waals surface area (Å²) in [5.41, 5.74) is 6.19. The number of fused-ring (bicyclic) bond motifs is 1. The number of anilines is 3. The van der Waals surface area contributed by atoms with Gasteiger partial charge in [-0.2, -0.15) is 0 Å². The molecular weight excluding hydrogens is 258 g/mol. The molecule has 0 N–H and O–H groups in total. The SMILES string of the molecule is Cc1ccccc1N1c2cc(C(C)C)ncc2N(C)C1C. The van der Waals surface area contributed by atoms with Crippen molar-refractivity contribution in [3.63, 3.8) is 0 Å². The van der Waals surface area contributed by atoms with Crippen LogP contribution in [0.1, 0.15) is 37.9 Å². The zero-order valence-corrected chi connectivity index (χ0v) is 13.5. The Bertz CT molecular complexity index is 663. The van der Waals surface area contributed by atoms with Crippen LogP contribution >= 0.6 is 0 Å². The number of benzene rings is 1. The molecule has 0 spiro atoms. The molecule has 110 valence electrons. The molecule has 1 aromatic heterocycles. The Balaban J connectivity index is 2.16. The van der Waals surface area contributed by atoms with Gasteiger partial charge >= 0.3 is 0 Å². The van der Waals surface area contributed by atoms with E-state index in [1.807, 2.05) is 6.20 Å². The number of nitrogens with zero attached hydrogens (tertiary/aromatic N) is 3. The van der Waals surface area contributed by atoms with Crippen molar-refractivity contribution >= 4 is 17.1 Å². The summed E-state index contributed by atoms with van der Waals surface area (Å²) in [4.78, 5) is 9.32. The van der Waals surface area contributed by atoms with Crippen LogP contribution in [0, 0.1) is 6.92 Å². The zero-order chi connectivity index (χ0) is 15.1. The van der Waals surface area contributed by atoms with Crippen LogP contribution in [-0.2, 0) is 0 Å². The molecule has 1 unspecified atom stereocenters. The summed E-state index contributed by atoms with van der Waals surface area (Å²) in [6.45, 7) is 8.79. The predicted molar refractivity (Wildman–Crippen MR) is 89.5 cm³/mol. The van der Waals surface area contributed by atoms with Crippen molar-refractivity contribution in [2.24, 2.45) is 0 Å². The molecule has 0 bridgehead atoms. The Labute approximate surface area is 127 Å². The number of rotatable bonds is 2. The monoisotopic (exact) mass is 281 g/mol. The van der Waals surface area contributed by atoms with E-state index < -0.39 is 0 Å². The van der Waals surface area contributed by atoms with Crippen molar-refractivity contribution in [3.05, 3.63) is 47.8 Å². The second-order valence-electron chi connectivity index (χ2n) is 6.15. The van der Waals surface area contributed by atoms with Gasteiger partial charge in [-0.1, -0.05) is 32.0 Å². The smallest absolute Gasteiger partial charge is 0.103 e. The molecule has 2 aromatic rings. The predicted octanol–water partition coefficient (Wildman–Crippen LogP) is 4.45. The lowest BCUT2D eigenvalue weighted by Crippen LogP contribution is -2.35. The maximum atomic E-state index is 4.62. The molecule has 0 fully saturated rings. The van der Waals surface area contributed by atoms with Crippen LogP contribution in [0.2, 0.25) is 0 Å². The summed E-state index contributed by atoms with van der Waals surface area (Å²) < 4.78 is 0. The van der Waals surface area contributed by atoms with E-state index in [0.717, 1.165) is 5.69 Å². The summed E-state index contributed by atoms with van der Waals surface area (Å²) in [6.07, 6.45) is 2.31. The molecule has 0 saturated carbocycles. The van der Waals surface area contributed by atoms with E-state index in [2.05, 4.69) is 79.9 Å². The first-order valence-electron chi connectivity index (χ1n) is 7.58. The van der Waals surface area contributed by atoms with Crippen LogP contribution in [0.4, 0.5) is 17.1 Å². The van der Waals surface area contributed by atoms with Gasteiger partial charge in [-0.05, 0) is 37.5 Å². The van der Waals surface area contributed by atoms with Crippen molar-refractivity contribution in [1.82, 2.24) is 4.98 Å². The first-order chi connectivity index (χ1) is 10.0. The summed E-state index contributed by atoms with van der Waals surface area (Å²) >= 11 is 0. The molecule has 3 rings (SSSR count). The van der Waals surface area contributed by atoms with E-state index in [-0.39, 0.29) is 0 Å². The van der Waals surface area contributed by atoms with Crippen LogP contribution in [0.15, 0.2) is 36.5 Å². The molecule has 0 amide bonds. The van der Waals surface area contributed by atoms with E-state index >= 15 is 0 Å². The summed E-state index contributed by atoms with van der Waals surface area (Å²) in [5, 5.41) is 0. The molecule has 3 nitrogen and oxygen atoms in total. The highest BCUT2D eigenvalue weighted by molar-refractivity contribution is 5.84. The van der Waals surface area contributed by atoms with Gasteiger partial charge in [0.05, 0.1) is 17.6 Å². The van der Waals surface area contributed by atoms with Gasteiger partial charge in [0.1, 0.15) is 6.17 Å². The van der Waals surface area contributed by atoms with Crippen LogP contribution in [-0.4, -0.2) is 18.2 Å². The third kappa shape index (κ3) is 2.17. The number of hydrogen-bond donors (Lipinski definition) is 0. The molecule has 1 atom stereocenters. The van der Waals surface area contributed by atoms with E-state index in [1.54, 1.807) is 0 Å². The van der Waals surface area contributed by atoms with Crippen molar-refractivity contribution < 1.29 is 0 Å². The van der Waals surface area contributed by atoms with Gasteiger partial charge in [-0.15, -0.1) is 0 Å². The van der Waals surface area contributed by atoms with Crippen molar-refractivity contribution in [2.75, 3.05) is 16.8 Å². The standard InChI is InChI=1S/C18H23N3/c1-12(2)15-10-17-18(11-19-15)20(5)14(4)21(17)16-9-7-6-8-13(16)3/h6-12,14H,1-5H3. The average molecular weight is 281 g/mol. The summed E-state index contributed by atoms with van der Waals surface area (Å²) in [7, 11) is 2.14. The van der Waals surface area contributed by atoms with Gasteiger partial charge < -0.3 is 9.80 Å². The Morgan fingerprint density at radius 1 is 1.10 bits per heavy atom. The molecule has 1 aliphatic heterocycles. The number of hydrogen-bond acceptors (Lipinski definition) is 3. The molecule has 1 aliphatic rings. The lowest BCUT2D eigenvalue weighted by Gasteiger charge is -2.29. The molecular formula is C18H23N3. The van der Waals surface area contributed by atoms with Gasteiger partial charge in [-0.25, -0.2) is 0 Å². The highest BCUT2D eigenvalue weighted by Crippen LogP contribution is 2.44. The van der Waals surface area contributed by atoms with Crippen LogP contribution in [0.25, 0.3) is 0 Å². The van der Waals surface area contributed by atoms with Gasteiger partial charge in [0.2, 0.25) is 0 Å². The van der Waals surface area contributed by atoms with Crippen LogP contribution in [0.5, 0.6) is 0 Å². The summed E-state index contributed by atoms with van der Waals surface area (Å²) in [6, 6.07) is 10.8. The van der Waals surface area contributed by atoms with Gasteiger partial charge in [-0.3, -0.25) is 4.98 Å². The number of aryl methyl sites for hydroxylation is 1. The van der Waals surface area contributed by atoms with Gasteiger partial charge in [0.25, 0.3) is 0 Å². The lowest BCUT2D eigenvalue weighted by atomic mass is 10.1. The molecule has 1 aromatic carbocycles. The number of pyridine rings is 1. The highest BCUT2D eigenvalue weighted by Gasteiger charge is 2.32. The van der Waals surface area contributed by atoms with Crippen LogP contribution in [0.3, 0.4) is 0 Å². The Kier molecular flexibility index (Phi) is 3.36. The molecule has 2 heterocycles. The molecule has 3 heteroatoms. The fourth-order valence-electron chi connectivity index (χ4n) is 2.97. The molecule has 0 aliphatic carbocycles. The Morgan fingerprint density at radius 2 is 1.81 bits per heavy atom. The second kappa shape index (κ2) is 5.06. The quantitative estimate of drug-likeness (QED) is 0.811. The first kappa shape index (κ1) is 13.9. The largest absolute Gasteiger partial charge is 0.351 e. The zero-order valence-electron chi connectivity index (χ0n) is 13.5. The maximum absolute atomic E-state index is 4.62. The molecule has 0 saturated heterocycles. The lowest BCUT2D eigenvalue weighted by molar-refractivity contribution is 0.732. The number of aromatic nitrogens is 1. The molecule has 0 radical (unpaired) electrons. The third-order valence-corrected chi connectivity index (χ3v) is 4.42. The van der Waals surface area contributed by atoms with E-state index in [4.69, 9.17) is 0 Å². The fourth-order valence-corrected chi connectivity index (χ4v) is 2.97. The minimum Gasteiger partial charge on any atom is -0.351 e. The van der Waals surface area contributed by atoms with E-state index in [1.165, 1.54) is 22.6 Å². The van der Waals surface area contributed by atoms with Crippen LogP contribution < -0.4 is 9.80 Å². The average Bonchev–Trinajstić information content (AvgIpc) is 2.71. The van der Waals surface area contributed by atoms with Gasteiger partial charge in [0.15, 0.2) is 0 Å². The normalized spacial score (nSPS) is 17.5. The van der Waals surface area contributed by atoms with Gasteiger partial charge in [0, 0.05) is 18.4 Å². The topological polar surface area (TPSA) is 19.4 Å². The second-order valence-corrected chi connectivity index (χ2v) is 6.15.